The fourth-order valence-corrected chi connectivity index (χ4v) is 3.13. The molecule has 0 bridgehead atoms. The minimum atomic E-state index is -0.557. The molecule has 2 aromatic heterocycles. The van der Waals surface area contributed by atoms with E-state index in [1.807, 2.05) is 77.3 Å². The molecule has 1 atom stereocenters. The van der Waals surface area contributed by atoms with E-state index in [9.17, 15) is 4.79 Å². The predicted molar refractivity (Wildman–Crippen MR) is 111 cm³/mol. The lowest BCUT2D eigenvalue weighted by Crippen LogP contribution is -2.33. The zero-order chi connectivity index (χ0) is 20.1. The van der Waals surface area contributed by atoms with Crippen LogP contribution in [0.2, 0.25) is 0 Å². The first-order valence-electron chi connectivity index (χ1n) is 9.26. The topological polar surface area (TPSA) is 80.5 Å². The molecule has 0 spiro atoms. The Balaban J connectivity index is 1.55. The highest BCUT2D eigenvalue weighted by Gasteiger charge is 2.21. The van der Waals surface area contributed by atoms with Crippen LogP contribution in [0, 0.1) is 0 Å². The van der Waals surface area contributed by atoms with Gasteiger partial charge in [-0.15, -0.1) is 10.2 Å². The summed E-state index contributed by atoms with van der Waals surface area (Å²) in [7, 11) is 1.60. The molecule has 4 rings (SSSR count). The number of hydrogen-bond donors (Lipinski definition) is 2. The van der Waals surface area contributed by atoms with Gasteiger partial charge in [-0.2, -0.15) is 0 Å². The fraction of sp³-hybridized carbons (Fsp3) is 0.136. The van der Waals surface area contributed by atoms with E-state index in [2.05, 4.69) is 20.8 Å². The molecule has 1 amide bonds. The third-order valence-corrected chi connectivity index (χ3v) is 4.58. The lowest BCUT2D eigenvalue weighted by Gasteiger charge is -2.19. The number of aromatic nitrogens is 3. The Morgan fingerprint density at radius 1 is 1.03 bits per heavy atom. The van der Waals surface area contributed by atoms with Gasteiger partial charge in [0.1, 0.15) is 11.8 Å². The van der Waals surface area contributed by atoms with Gasteiger partial charge < -0.3 is 10.1 Å². The molecule has 7 nitrogen and oxygen atoms in total. The van der Waals surface area contributed by atoms with E-state index < -0.39 is 6.04 Å². The quantitative estimate of drug-likeness (QED) is 0.509. The maximum atomic E-state index is 13.1. The number of fused-ring (bicyclic) bond motifs is 1. The van der Waals surface area contributed by atoms with Crippen molar-refractivity contribution in [2.75, 3.05) is 12.4 Å². The standard InChI is InChI=1S/C22H21N5O2/c1-29-18-11-7-10-17(14-18)24-22(28)21(16-8-3-2-4-9-16)23-15-20-26-25-19-12-5-6-13-27(19)20/h2-14,21,23H,15H2,1H3,(H,24,28)/t21-/m1/s1. The van der Waals surface area contributed by atoms with E-state index in [0.717, 1.165) is 17.0 Å². The van der Waals surface area contributed by atoms with Gasteiger partial charge in [0.05, 0.1) is 13.7 Å². The van der Waals surface area contributed by atoms with Crippen LogP contribution in [0.15, 0.2) is 79.0 Å². The number of hydrogen-bond acceptors (Lipinski definition) is 5. The number of rotatable bonds is 7. The van der Waals surface area contributed by atoms with E-state index in [4.69, 9.17) is 4.74 Å². The van der Waals surface area contributed by atoms with Crippen LogP contribution in [0.5, 0.6) is 5.75 Å². The Bertz CT molecular complexity index is 1110. The van der Waals surface area contributed by atoms with E-state index in [0.29, 0.717) is 18.0 Å². The summed E-state index contributed by atoms with van der Waals surface area (Å²) >= 11 is 0. The van der Waals surface area contributed by atoms with E-state index in [-0.39, 0.29) is 5.91 Å². The maximum absolute atomic E-state index is 13.1. The number of anilines is 1. The summed E-state index contributed by atoms with van der Waals surface area (Å²) < 4.78 is 7.13. The Morgan fingerprint density at radius 2 is 1.86 bits per heavy atom. The summed E-state index contributed by atoms with van der Waals surface area (Å²) in [4.78, 5) is 13.1. The molecule has 4 aromatic rings. The normalized spacial score (nSPS) is 11.9. The third-order valence-electron chi connectivity index (χ3n) is 4.58. The third kappa shape index (κ3) is 4.25. The molecule has 7 heteroatoms. The lowest BCUT2D eigenvalue weighted by molar-refractivity contribution is -0.118. The van der Waals surface area contributed by atoms with Crippen LogP contribution < -0.4 is 15.4 Å². The van der Waals surface area contributed by atoms with Crippen LogP contribution >= 0.6 is 0 Å². The Hall–Kier alpha value is -3.71. The Kier molecular flexibility index (Phi) is 5.49. The summed E-state index contributed by atoms with van der Waals surface area (Å²) in [6.45, 7) is 0.385. The zero-order valence-corrected chi connectivity index (χ0v) is 15.9. The van der Waals surface area contributed by atoms with Crippen LogP contribution in [0.1, 0.15) is 17.4 Å². The van der Waals surface area contributed by atoms with Crippen molar-refractivity contribution in [3.05, 3.63) is 90.4 Å². The molecular formula is C22H21N5O2. The van der Waals surface area contributed by atoms with Crippen molar-refractivity contribution in [3.63, 3.8) is 0 Å². The maximum Gasteiger partial charge on any atom is 0.246 e. The molecule has 0 saturated carbocycles. The first kappa shape index (κ1) is 18.6. The number of amides is 1. The number of methoxy groups -OCH3 is 1. The summed E-state index contributed by atoms with van der Waals surface area (Å²) in [5, 5.41) is 14.7. The van der Waals surface area contributed by atoms with Gasteiger partial charge in [0.25, 0.3) is 0 Å². The largest absolute Gasteiger partial charge is 0.497 e. The lowest BCUT2D eigenvalue weighted by atomic mass is 10.1. The summed E-state index contributed by atoms with van der Waals surface area (Å²) in [6.07, 6.45) is 1.90. The van der Waals surface area contributed by atoms with Crippen molar-refractivity contribution in [1.82, 2.24) is 19.9 Å². The first-order valence-corrected chi connectivity index (χ1v) is 9.26. The smallest absolute Gasteiger partial charge is 0.246 e. The van der Waals surface area contributed by atoms with Gasteiger partial charge in [0.15, 0.2) is 11.5 Å². The summed E-state index contributed by atoms with van der Waals surface area (Å²) in [5.74, 6) is 1.25. The second-order valence-corrected chi connectivity index (χ2v) is 6.49. The monoisotopic (exact) mass is 387 g/mol. The molecule has 0 radical (unpaired) electrons. The second kappa shape index (κ2) is 8.53. The van der Waals surface area contributed by atoms with Crippen molar-refractivity contribution in [2.45, 2.75) is 12.6 Å². The molecule has 146 valence electrons. The van der Waals surface area contributed by atoms with Crippen LogP contribution in [0.25, 0.3) is 5.65 Å². The molecule has 2 N–H and O–H groups in total. The van der Waals surface area contributed by atoms with E-state index in [1.165, 1.54) is 0 Å². The van der Waals surface area contributed by atoms with Gasteiger partial charge in [-0.05, 0) is 29.8 Å². The minimum absolute atomic E-state index is 0.168. The van der Waals surface area contributed by atoms with Crippen LogP contribution in [0.4, 0.5) is 5.69 Å². The van der Waals surface area contributed by atoms with Crippen LogP contribution in [-0.2, 0) is 11.3 Å². The van der Waals surface area contributed by atoms with Crippen LogP contribution in [-0.4, -0.2) is 27.6 Å². The Labute approximate surface area is 168 Å². The first-order chi connectivity index (χ1) is 14.2. The molecule has 0 aliphatic heterocycles. The van der Waals surface area contributed by atoms with Gasteiger partial charge in [-0.25, -0.2) is 0 Å². The summed E-state index contributed by atoms with van der Waals surface area (Å²) in [5.41, 5.74) is 2.30. The molecule has 2 aromatic carbocycles. The number of carbonyl (C=O) groups is 1. The van der Waals surface area contributed by atoms with Gasteiger partial charge in [0.2, 0.25) is 5.91 Å². The molecule has 0 unspecified atom stereocenters. The predicted octanol–water partition coefficient (Wildman–Crippen LogP) is 3.21. The highest BCUT2D eigenvalue weighted by atomic mass is 16.5. The molecule has 0 aliphatic carbocycles. The number of ether oxygens (including phenoxy) is 1. The fourth-order valence-electron chi connectivity index (χ4n) is 3.13. The molecule has 0 fully saturated rings. The number of benzene rings is 2. The average Bonchev–Trinajstić information content (AvgIpc) is 3.18. The minimum Gasteiger partial charge on any atom is -0.497 e. The van der Waals surface area contributed by atoms with Crippen molar-refractivity contribution < 1.29 is 9.53 Å². The number of carbonyl (C=O) groups excluding carboxylic acids is 1. The van der Waals surface area contributed by atoms with Gasteiger partial charge in [-0.1, -0.05) is 42.5 Å². The summed E-state index contributed by atoms with van der Waals surface area (Å²) in [6, 6.07) is 22.0. The van der Waals surface area contributed by atoms with Crippen molar-refractivity contribution in [1.29, 1.82) is 0 Å². The van der Waals surface area contributed by atoms with E-state index >= 15 is 0 Å². The number of pyridine rings is 1. The van der Waals surface area contributed by atoms with Crippen molar-refractivity contribution >= 4 is 17.2 Å². The van der Waals surface area contributed by atoms with Crippen molar-refractivity contribution in [2.24, 2.45) is 0 Å². The highest BCUT2D eigenvalue weighted by molar-refractivity contribution is 5.95. The van der Waals surface area contributed by atoms with Crippen LogP contribution in [0.3, 0.4) is 0 Å². The average molecular weight is 387 g/mol. The Morgan fingerprint density at radius 3 is 2.69 bits per heavy atom. The number of nitrogens with one attached hydrogen (secondary N) is 2. The van der Waals surface area contributed by atoms with E-state index in [1.54, 1.807) is 13.2 Å². The van der Waals surface area contributed by atoms with Gasteiger partial charge in [0, 0.05) is 18.0 Å². The van der Waals surface area contributed by atoms with Crippen molar-refractivity contribution in [3.8, 4) is 5.75 Å². The molecule has 29 heavy (non-hydrogen) atoms. The SMILES string of the molecule is COc1cccc(NC(=O)[C@H](NCc2nnc3ccccn23)c2ccccc2)c1. The molecular weight excluding hydrogens is 366 g/mol. The molecule has 2 heterocycles. The highest BCUT2D eigenvalue weighted by Crippen LogP contribution is 2.20. The zero-order valence-electron chi connectivity index (χ0n) is 15.9. The van der Waals surface area contributed by atoms with Gasteiger partial charge >= 0.3 is 0 Å². The number of nitrogens with zero attached hydrogens (tertiary/aromatic N) is 3. The molecule has 0 aliphatic rings. The van der Waals surface area contributed by atoms with Gasteiger partial charge in [-0.3, -0.25) is 14.5 Å². The molecule has 0 saturated heterocycles. The second-order valence-electron chi connectivity index (χ2n) is 6.49.